The molecule has 0 atom stereocenters. The maximum Gasteiger partial charge on any atom is 0.291 e. The van der Waals surface area contributed by atoms with Gasteiger partial charge in [-0.15, -0.1) is 0 Å². The van der Waals surface area contributed by atoms with E-state index >= 15 is 0 Å². The molecular weight excluding hydrogens is 387 g/mol. The quantitative estimate of drug-likeness (QED) is 0.690. The molecule has 158 valence electrons. The Hall–Kier alpha value is -3.16. The summed E-state index contributed by atoms with van der Waals surface area (Å²) in [6.45, 7) is 3.53. The van der Waals surface area contributed by atoms with E-state index in [1.807, 2.05) is 18.7 Å². The van der Waals surface area contributed by atoms with Crippen LogP contribution in [-0.4, -0.2) is 20.4 Å². The van der Waals surface area contributed by atoms with Crippen LogP contribution in [0.2, 0.25) is 0 Å². The molecule has 1 N–H and O–H groups in total. The summed E-state index contributed by atoms with van der Waals surface area (Å²) >= 11 is 0. The number of benzene rings is 1. The van der Waals surface area contributed by atoms with Gasteiger partial charge in [0.05, 0.1) is 11.7 Å². The van der Waals surface area contributed by atoms with E-state index in [2.05, 4.69) is 10.5 Å². The van der Waals surface area contributed by atoms with Gasteiger partial charge in [0.2, 0.25) is 0 Å². The van der Waals surface area contributed by atoms with Gasteiger partial charge in [-0.3, -0.25) is 14.3 Å². The van der Waals surface area contributed by atoms with E-state index in [9.17, 15) is 14.0 Å². The predicted octanol–water partition coefficient (Wildman–Crippen LogP) is 4.36. The number of hydrogen-bond donors (Lipinski definition) is 1. The molecule has 1 fully saturated rings. The van der Waals surface area contributed by atoms with Gasteiger partial charge < -0.3 is 9.84 Å². The molecule has 30 heavy (non-hydrogen) atoms. The van der Waals surface area contributed by atoms with Crippen molar-refractivity contribution in [2.75, 3.05) is 5.32 Å². The summed E-state index contributed by atoms with van der Waals surface area (Å²) in [6, 6.07) is 5.92. The second kappa shape index (κ2) is 7.93. The van der Waals surface area contributed by atoms with Gasteiger partial charge in [-0.2, -0.15) is 0 Å². The molecule has 1 saturated carbocycles. The Morgan fingerprint density at radius 2 is 1.83 bits per heavy atom. The number of hydrogen-bond acceptors (Lipinski definition) is 4. The van der Waals surface area contributed by atoms with Gasteiger partial charge in [-0.05, 0) is 51.0 Å². The fourth-order valence-electron chi connectivity index (χ4n) is 4.20. The second-order valence-corrected chi connectivity index (χ2v) is 7.87. The molecule has 0 aliphatic heterocycles. The molecule has 0 saturated heterocycles. The van der Waals surface area contributed by atoms with Crippen LogP contribution in [0.15, 0.2) is 33.6 Å². The lowest BCUT2D eigenvalue weighted by Gasteiger charge is -2.24. The molecule has 0 unspecified atom stereocenters. The van der Waals surface area contributed by atoms with Crippen molar-refractivity contribution in [2.45, 2.75) is 52.0 Å². The van der Waals surface area contributed by atoms with Gasteiger partial charge in [0.1, 0.15) is 11.5 Å². The SMILES string of the molecule is Cc1c(C(=O)Nc2c(C)n(C)n(C3CCCCC3)c2=O)noc1-c1ccc(F)cc1. The van der Waals surface area contributed by atoms with E-state index < -0.39 is 5.91 Å². The molecule has 3 aromatic rings. The summed E-state index contributed by atoms with van der Waals surface area (Å²) < 4.78 is 22.1. The van der Waals surface area contributed by atoms with Gasteiger partial charge in [-0.25, -0.2) is 9.07 Å². The smallest absolute Gasteiger partial charge is 0.291 e. The van der Waals surface area contributed by atoms with E-state index in [-0.39, 0.29) is 28.8 Å². The zero-order chi connectivity index (χ0) is 21.4. The molecule has 1 aliphatic rings. The molecule has 2 heterocycles. The third-order valence-corrected chi connectivity index (χ3v) is 6.00. The minimum absolute atomic E-state index is 0.0983. The van der Waals surface area contributed by atoms with E-state index in [1.54, 1.807) is 23.7 Å². The van der Waals surface area contributed by atoms with Crippen LogP contribution in [-0.2, 0) is 7.05 Å². The fraction of sp³-hybridized carbons (Fsp3) is 0.409. The first-order valence-electron chi connectivity index (χ1n) is 10.2. The zero-order valence-corrected chi connectivity index (χ0v) is 17.4. The second-order valence-electron chi connectivity index (χ2n) is 7.87. The number of amides is 1. The first-order chi connectivity index (χ1) is 14.4. The third kappa shape index (κ3) is 3.46. The number of carbonyl (C=O) groups excluding carboxylic acids is 1. The average molecular weight is 412 g/mol. The van der Waals surface area contributed by atoms with E-state index in [0.29, 0.717) is 22.6 Å². The Balaban J connectivity index is 1.62. The van der Waals surface area contributed by atoms with Crippen molar-refractivity contribution in [1.29, 1.82) is 0 Å². The maximum absolute atomic E-state index is 13.2. The summed E-state index contributed by atoms with van der Waals surface area (Å²) in [4.78, 5) is 26.0. The summed E-state index contributed by atoms with van der Waals surface area (Å²) in [6.07, 6.45) is 5.34. The number of carbonyl (C=O) groups is 1. The molecule has 8 heteroatoms. The normalized spacial score (nSPS) is 14.8. The van der Waals surface area contributed by atoms with Crippen molar-refractivity contribution in [3.63, 3.8) is 0 Å². The largest absolute Gasteiger partial charge is 0.355 e. The lowest BCUT2D eigenvalue weighted by Crippen LogP contribution is -2.29. The fourth-order valence-corrected chi connectivity index (χ4v) is 4.20. The molecule has 0 spiro atoms. The molecular formula is C22H25FN4O3. The van der Waals surface area contributed by atoms with Crippen molar-refractivity contribution in [3.8, 4) is 11.3 Å². The van der Waals surface area contributed by atoms with Gasteiger partial charge in [-0.1, -0.05) is 24.4 Å². The van der Waals surface area contributed by atoms with Gasteiger partial charge in [0, 0.05) is 18.2 Å². The van der Waals surface area contributed by atoms with Crippen LogP contribution in [0.5, 0.6) is 0 Å². The molecule has 1 amide bonds. The van der Waals surface area contributed by atoms with Crippen LogP contribution < -0.4 is 10.9 Å². The topological polar surface area (TPSA) is 82.1 Å². The van der Waals surface area contributed by atoms with E-state index in [0.717, 1.165) is 25.7 Å². The number of nitrogens with zero attached hydrogens (tertiary/aromatic N) is 3. The number of aromatic nitrogens is 3. The summed E-state index contributed by atoms with van der Waals surface area (Å²) in [5.74, 6) is -0.474. The highest BCUT2D eigenvalue weighted by Crippen LogP contribution is 2.29. The van der Waals surface area contributed by atoms with Crippen molar-refractivity contribution in [3.05, 3.63) is 57.4 Å². The predicted molar refractivity (Wildman–Crippen MR) is 111 cm³/mol. The van der Waals surface area contributed by atoms with Crippen molar-refractivity contribution >= 4 is 11.6 Å². The first-order valence-corrected chi connectivity index (χ1v) is 10.2. The van der Waals surface area contributed by atoms with Gasteiger partial charge in [0.15, 0.2) is 11.5 Å². The first kappa shape index (κ1) is 20.1. The van der Waals surface area contributed by atoms with E-state index in [1.165, 1.54) is 18.6 Å². The minimum Gasteiger partial charge on any atom is -0.355 e. The van der Waals surface area contributed by atoms with Crippen LogP contribution in [0.1, 0.15) is 59.9 Å². The highest BCUT2D eigenvalue weighted by atomic mass is 19.1. The van der Waals surface area contributed by atoms with Crippen molar-refractivity contribution in [2.24, 2.45) is 7.05 Å². The lowest BCUT2D eigenvalue weighted by molar-refractivity contribution is 0.101. The highest BCUT2D eigenvalue weighted by Gasteiger charge is 2.26. The Kier molecular flexibility index (Phi) is 5.32. The Morgan fingerprint density at radius 1 is 1.17 bits per heavy atom. The molecule has 2 aromatic heterocycles. The van der Waals surface area contributed by atoms with E-state index in [4.69, 9.17) is 4.52 Å². The third-order valence-electron chi connectivity index (χ3n) is 6.00. The van der Waals surface area contributed by atoms with Crippen LogP contribution in [0.25, 0.3) is 11.3 Å². The number of halogens is 1. The number of rotatable bonds is 4. The van der Waals surface area contributed by atoms with Crippen molar-refractivity contribution < 1.29 is 13.7 Å². The van der Waals surface area contributed by atoms with Crippen LogP contribution in [0.3, 0.4) is 0 Å². The van der Waals surface area contributed by atoms with Crippen LogP contribution >= 0.6 is 0 Å². The average Bonchev–Trinajstić information content (AvgIpc) is 3.22. The highest BCUT2D eigenvalue weighted by molar-refractivity contribution is 6.04. The monoisotopic (exact) mass is 412 g/mol. The Morgan fingerprint density at radius 3 is 2.50 bits per heavy atom. The van der Waals surface area contributed by atoms with Gasteiger partial charge >= 0.3 is 0 Å². The summed E-state index contributed by atoms with van der Waals surface area (Å²) in [7, 11) is 1.84. The number of nitrogens with one attached hydrogen (secondary N) is 1. The molecule has 1 aromatic carbocycles. The van der Waals surface area contributed by atoms with Crippen LogP contribution in [0, 0.1) is 19.7 Å². The molecule has 1 aliphatic carbocycles. The molecule has 7 nitrogen and oxygen atoms in total. The molecule has 0 bridgehead atoms. The standard InChI is InChI=1S/C22H25FN4O3/c1-13-18(25-30-20(13)15-9-11-16(23)12-10-15)21(28)24-19-14(2)26(3)27(22(19)29)17-7-5-4-6-8-17/h9-12,17H,4-8H2,1-3H3,(H,24,28). The Labute approximate surface area is 173 Å². The number of anilines is 1. The summed E-state index contributed by atoms with van der Waals surface area (Å²) in [5.41, 5.74) is 2.00. The van der Waals surface area contributed by atoms with Crippen molar-refractivity contribution in [1.82, 2.24) is 14.5 Å². The summed E-state index contributed by atoms with van der Waals surface area (Å²) in [5, 5.41) is 6.63. The minimum atomic E-state index is -0.508. The molecule has 0 radical (unpaired) electrons. The Bertz CT molecular complexity index is 1130. The van der Waals surface area contributed by atoms with Crippen LogP contribution in [0.4, 0.5) is 10.1 Å². The lowest BCUT2D eigenvalue weighted by atomic mass is 9.96. The maximum atomic E-state index is 13.2. The molecule has 4 rings (SSSR count). The van der Waals surface area contributed by atoms with Gasteiger partial charge in [0.25, 0.3) is 11.5 Å². The zero-order valence-electron chi connectivity index (χ0n) is 17.4.